The summed E-state index contributed by atoms with van der Waals surface area (Å²) in [7, 11) is -4.50. The van der Waals surface area contributed by atoms with Crippen molar-refractivity contribution in [1.82, 2.24) is 19.5 Å². The number of anilines is 1. The minimum absolute atomic E-state index is 0.00442. The summed E-state index contributed by atoms with van der Waals surface area (Å²) in [5.74, 6) is 0.215. The Morgan fingerprint density at radius 1 is 1.30 bits per heavy atom. The molecule has 33 heavy (non-hydrogen) atoms. The molecule has 1 aliphatic heterocycles. The number of nitrogens with zero attached hydrogens (tertiary/aromatic N) is 5. The monoisotopic (exact) mass is 495 g/mol. The van der Waals surface area contributed by atoms with E-state index in [-0.39, 0.29) is 36.8 Å². The highest BCUT2D eigenvalue weighted by Crippen LogP contribution is 2.44. The molecule has 2 N–H and O–H groups in total. The third-order valence-corrected chi connectivity index (χ3v) is 11.6. The van der Waals surface area contributed by atoms with Gasteiger partial charge in [0.25, 0.3) is 0 Å². The third kappa shape index (κ3) is 5.57. The van der Waals surface area contributed by atoms with Gasteiger partial charge >= 0.3 is 8.25 Å². The fourth-order valence-corrected chi connectivity index (χ4v) is 5.28. The molecule has 13 heteroatoms. The van der Waals surface area contributed by atoms with Crippen molar-refractivity contribution in [1.29, 1.82) is 0 Å². The summed E-state index contributed by atoms with van der Waals surface area (Å²) in [5, 5.41) is -0.00442. The molecule has 0 saturated carbocycles. The lowest BCUT2D eigenvalue weighted by Crippen LogP contribution is -2.46. The molecule has 180 valence electrons. The number of imidazole rings is 1. The van der Waals surface area contributed by atoms with Gasteiger partial charge in [-0.05, 0) is 18.1 Å². The predicted molar refractivity (Wildman–Crippen MR) is 126 cm³/mol. The number of hydrogen-bond donors (Lipinski definition) is 1. The number of hydrogen-bond acceptors (Lipinski definition) is 9. The number of fused-ring (bicyclic) bond motifs is 1. The van der Waals surface area contributed by atoms with E-state index >= 15 is 0 Å². The maximum atomic E-state index is 12.0. The van der Waals surface area contributed by atoms with Crippen LogP contribution in [0.4, 0.5) is 5.82 Å². The van der Waals surface area contributed by atoms with E-state index in [0.29, 0.717) is 17.0 Å². The molecule has 0 spiro atoms. The topological polar surface area (TPSA) is 128 Å². The second-order valence-electron chi connectivity index (χ2n) is 9.58. The van der Waals surface area contributed by atoms with Gasteiger partial charge in [0, 0.05) is 10.5 Å². The molecule has 1 saturated heterocycles. The van der Waals surface area contributed by atoms with Crippen molar-refractivity contribution in [2.75, 3.05) is 25.5 Å². The number of aromatic nitrogens is 4. The third-order valence-electron chi connectivity index (χ3n) is 6.34. The van der Waals surface area contributed by atoms with E-state index in [1.165, 1.54) is 6.33 Å². The van der Waals surface area contributed by atoms with Crippen molar-refractivity contribution in [2.24, 2.45) is 5.92 Å². The van der Waals surface area contributed by atoms with Crippen LogP contribution >= 0.6 is 8.25 Å². The van der Waals surface area contributed by atoms with Gasteiger partial charge in [0.15, 0.2) is 32.6 Å². The van der Waals surface area contributed by atoms with E-state index in [1.807, 2.05) is 11.5 Å². The number of rotatable bonds is 9. The largest absolute Gasteiger partial charge is 0.697 e. The SMILES string of the molecule is [C-]#[N+]CCO[P+](=O)OC[C@H]1O[C@@H](n2cnc3c(N)ncnc32)[C@H](O[Si](C)(C)C(C)(C)C)[C@@H]1C. The summed E-state index contributed by atoms with van der Waals surface area (Å²) < 4.78 is 37.5. The lowest BCUT2D eigenvalue weighted by molar-refractivity contribution is -0.0441. The van der Waals surface area contributed by atoms with E-state index in [0.717, 1.165) is 0 Å². The van der Waals surface area contributed by atoms with Crippen LogP contribution in [0.3, 0.4) is 0 Å². The Bertz CT molecular complexity index is 1040. The quantitative estimate of drug-likeness (QED) is 0.238. The zero-order chi connectivity index (χ0) is 24.4. The molecule has 1 fully saturated rings. The van der Waals surface area contributed by atoms with Gasteiger partial charge in [-0.3, -0.25) is 4.57 Å². The lowest BCUT2D eigenvalue weighted by Gasteiger charge is -2.40. The summed E-state index contributed by atoms with van der Waals surface area (Å²) in [6.07, 6.45) is 1.79. The fraction of sp³-hybridized carbons (Fsp3) is 0.700. The molecule has 3 rings (SSSR count). The molecule has 2 aromatic rings. The molecule has 0 aromatic carbocycles. The Balaban J connectivity index is 1.86. The second kappa shape index (κ2) is 10.1. The van der Waals surface area contributed by atoms with Crippen molar-refractivity contribution in [2.45, 2.75) is 64.3 Å². The highest BCUT2D eigenvalue weighted by molar-refractivity contribution is 7.33. The molecule has 2 aromatic heterocycles. The number of ether oxygens (including phenoxy) is 1. The van der Waals surface area contributed by atoms with Crippen LogP contribution in [0, 0.1) is 12.5 Å². The first kappa shape index (κ1) is 25.6. The summed E-state index contributed by atoms with van der Waals surface area (Å²) in [5.41, 5.74) is 7.02. The molecule has 0 radical (unpaired) electrons. The van der Waals surface area contributed by atoms with E-state index in [1.54, 1.807) is 6.33 Å². The molecule has 0 aliphatic carbocycles. The van der Waals surface area contributed by atoms with Crippen LogP contribution in [-0.4, -0.2) is 59.8 Å². The Hall–Kier alpha value is -2.00. The van der Waals surface area contributed by atoms with Gasteiger partial charge in [-0.15, -0.1) is 9.05 Å². The van der Waals surface area contributed by atoms with Crippen molar-refractivity contribution in [3.05, 3.63) is 24.1 Å². The summed E-state index contributed by atoms with van der Waals surface area (Å²) in [6.45, 7) is 20.0. The minimum atomic E-state index is -2.34. The van der Waals surface area contributed by atoms with Crippen LogP contribution in [0.15, 0.2) is 12.7 Å². The fourth-order valence-electron chi connectivity index (χ4n) is 3.34. The van der Waals surface area contributed by atoms with Gasteiger partial charge in [0.2, 0.25) is 6.54 Å². The van der Waals surface area contributed by atoms with Crippen LogP contribution in [0.2, 0.25) is 18.1 Å². The van der Waals surface area contributed by atoms with Crippen LogP contribution in [0.1, 0.15) is 33.9 Å². The first-order valence-corrected chi connectivity index (χ1v) is 14.8. The van der Waals surface area contributed by atoms with Crippen molar-refractivity contribution < 1.29 is 22.8 Å². The zero-order valence-corrected chi connectivity index (χ0v) is 21.8. The van der Waals surface area contributed by atoms with Crippen molar-refractivity contribution in [3.63, 3.8) is 0 Å². The van der Waals surface area contributed by atoms with Gasteiger partial charge in [-0.1, -0.05) is 27.7 Å². The average molecular weight is 496 g/mol. The van der Waals surface area contributed by atoms with Crippen LogP contribution in [-0.2, 0) is 22.8 Å². The van der Waals surface area contributed by atoms with E-state index in [4.69, 9.17) is 30.5 Å². The minimum Gasteiger partial charge on any atom is -0.409 e. The van der Waals surface area contributed by atoms with Gasteiger partial charge in [0.05, 0.1) is 18.5 Å². The highest BCUT2D eigenvalue weighted by Gasteiger charge is 2.50. The van der Waals surface area contributed by atoms with Gasteiger partial charge in [0.1, 0.15) is 18.5 Å². The molecule has 11 nitrogen and oxygen atoms in total. The number of nitrogen functional groups attached to an aromatic ring is 1. The van der Waals surface area contributed by atoms with Gasteiger partial charge in [-0.2, -0.15) is 0 Å². The Kier molecular flexibility index (Phi) is 7.83. The lowest BCUT2D eigenvalue weighted by atomic mass is 10.0. The summed E-state index contributed by atoms with van der Waals surface area (Å²) in [6, 6.07) is 0. The van der Waals surface area contributed by atoms with Crippen LogP contribution < -0.4 is 5.73 Å². The van der Waals surface area contributed by atoms with E-state index < -0.39 is 28.9 Å². The van der Waals surface area contributed by atoms with Crippen LogP contribution in [0.25, 0.3) is 16.0 Å². The van der Waals surface area contributed by atoms with Crippen molar-refractivity contribution in [3.8, 4) is 0 Å². The van der Waals surface area contributed by atoms with Gasteiger partial charge < -0.3 is 19.7 Å². The Morgan fingerprint density at radius 3 is 2.70 bits per heavy atom. The van der Waals surface area contributed by atoms with Crippen molar-refractivity contribution >= 4 is 33.6 Å². The standard InChI is InChI=1S/C20H32N6O5PSi/c1-13-14(10-29-32(27)28-9-8-22-5)30-19(16(13)31-33(6,7)20(2,3)4)26-12-25-15-17(21)23-11-24-18(15)26/h11-14,16,19H,8-10H2,1-4,6-7H3,(H2,21,23,24)/q+1/t13-,14-,16-,19-/m1/s1. The first-order chi connectivity index (χ1) is 15.5. The molecule has 1 aliphatic rings. The molecule has 0 amide bonds. The molecule has 0 bridgehead atoms. The predicted octanol–water partition coefficient (Wildman–Crippen LogP) is 3.94. The molecular formula is C20H32N6O5PSi+. The van der Waals surface area contributed by atoms with E-state index in [2.05, 4.69) is 53.7 Å². The molecule has 1 unspecified atom stereocenters. The normalized spacial score (nSPS) is 24.2. The average Bonchev–Trinajstić information content (AvgIpc) is 3.28. The highest BCUT2D eigenvalue weighted by atomic mass is 31.1. The summed E-state index contributed by atoms with van der Waals surface area (Å²) >= 11 is 0. The zero-order valence-electron chi connectivity index (χ0n) is 19.9. The van der Waals surface area contributed by atoms with Gasteiger partial charge in [-0.25, -0.2) is 21.5 Å². The maximum absolute atomic E-state index is 12.0. The summed E-state index contributed by atoms with van der Waals surface area (Å²) in [4.78, 5) is 15.9. The first-order valence-electron chi connectivity index (χ1n) is 10.8. The molecular weight excluding hydrogens is 463 g/mol. The van der Waals surface area contributed by atoms with Crippen LogP contribution in [0.5, 0.6) is 0 Å². The van der Waals surface area contributed by atoms with E-state index in [9.17, 15) is 4.57 Å². The second-order valence-corrected chi connectivity index (χ2v) is 15.3. The molecule has 3 heterocycles. The Labute approximate surface area is 195 Å². The maximum Gasteiger partial charge on any atom is 0.697 e. The smallest absolute Gasteiger partial charge is 0.409 e. The number of nitrogens with two attached hydrogens (primary N) is 1. The molecule has 5 atom stereocenters. The Morgan fingerprint density at radius 2 is 2.03 bits per heavy atom.